The third kappa shape index (κ3) is 4.47. The zero-order valence-corrected chi connectivity index (χ0v) is 16.8. The Morgan fingerprint density at radius 3 is 2.57 bits per heavy atom. The first-order chi connectivity index (χ1) is 14.3. The van der Waals surface area contributed by atoms with Crippen LogP contribution in [0.5, 0.6) is 0 Å². The number of hydrogen-bond acceptors (Lipinski definition) is 6. The number of carbonyl (C=O) groups is 2. The number of ether oxygens (including phenoxy) is 1. The molecule has 0 bridgehead atoms. The van der Waals surface area contributed by atoms with Crippen molar-refractivity contribution in [1.82, 2.24) is 9.78 Å². The molecule has 9 nitrogen and oxygen atoms in total. The molecule has 0 unspecified atom stereocenters. The number of para-hydroxylation sites is 1. The highest BCUT2D eigenvalue weighted by atomic mass is 35.5. The Labute approximate surface area is 176 Å². The predicted molar refractivity (Wildman–Crippen MR) is 110 cm³/mol. The Hall–Kier alpha value is -3.72. The number of nitrogens with zero attached hydrogens (tertiary/aromatic N) is 3. The van der Waals surface area contributed by atoms with E-state index in [-0.39, 0.29) is 22.0 Å². The van der Waals surface area contributed by atoms with Crippen LogP contribution in [-0.4, -0.2) is 33.2 Å². The van der Waals surface area contributed by atoms with Crippen molar-refractivity contribution in [2.45, 2.75) is 13.8 Å². The van der Waals surface area contributed by atoms with Gasteiger partial charge in [-0.1, -0.05) is 29.8 Å². The van der Waals surface area contributed by atoms with Gasteiger partial charge in [0.1, 0.15) is 5.56 Å². The molecule has 0 aliphatic heterocycles. The largest absolute Gasteiger partial charge is 0.452 e. The summed E-state index contributed by atoms with van der Waals surface area (Å²) in [6, 6.07) is 12.9. The van der Waals surface area contributed by atoms with Crippen LogP contribution in [0.15, 0.2) is 48.5 Å². The molecule has 1 amide bonds. The van der Waals surface area contributed by atoms with Crippen molar-refractivity contribution < 1.29 is 19.2 Å². The van der Waals surface area contributed by atoms with Gasteiger partial charge >= 0.3 is 5.97 Å². The molecule has 1 aromatic heterocycles. The number of aryl methyl sites for hydroxylation is 1. The van der Waals surface area contributed by atoms with E-state index in [1.54, 1.807) is 18.5 Å². The Morgan fingerprint density at radius 2 is 1.90 bits per heavy atom. The SMILES string of the molecule is Cc1nn(-c2ccccc2)c(C)c1C(=O)OCC(=O)Nc1cc([N+](=O)[O-])ccc1Cl. The van der Waals surface area contributed by atoms with Crippen LogP contribution in [0.4, 0.5) is 11.4 Å². The molecule has 0 saturated carbocycles. The number of rotatable bonds is 6. The standard InChI is InChI=1S/C20H17ClN4O5/c1-12-19(13(2)24(23-12)14-6-4-3-5-7-14)20(27)30-11-18(26)22-17-10-15(25(28)29)8-9-16(17)21/h3-10H,11H2,1-2H3,(H,22,26). The van der Waals surface area contributed by atoms with Gasteiger partial charge in [-0.2, -0.15) is 5.10 Å². The molecule has 0 saturated heterocycles. The number of esters is 1. The number of hydrogen-bond donors (Lipinski definition) is 1. The number of amides is 1. The minimum absolute atomic E-state index is 0.0520. The lowest BCUT2D eigenvalue weighted by Gasteiger charge is -2.08. The van der Waals surface area contributed by atoms with Crippen LogP contribution in [0.1, 0.15) is 21.7 Å². The van der Waals surface area contributed by atoms with Crippen LogP contribution < -0.4 is 5.32 Å². The summed E-state index contributed by atoms with van der Waals surface area (Å²) in [6.07, 6.45) is 0. The number of anilines is 1. The van der Waals surface area contributed by atoms with Crippen molar-refractivity contribution in [3.05, 3.63) is 80.6 Å². The molecule has 3 rings (SSSR count). The van der Waals surface area contributed by atoms with Gasteiger partial charge in [-0.15, -0.1) is 0 Å². The van der Waals surface area contributed by atoms with Gasteiger partial charge in [0, 0.05) is 12.1 Å². The average molecular weight is 429 g/mol. The highest BCUT2D eigenvalue weighted by molar-refractivity contribution is 6.33. The van der Waals surface area contributed by atoms with Gasteiger partial charge < -0.3 is 10.1 Å². The zero-order valence-electron chi connectivity index (χ0n) is 16.1. The summed E-state index contributed by atoms with van der Waals surface area (Å²) in [6.45, 7) is 2.81. The van der Waals surface area contributed by atoms with E-state index >= 15 is 0 Å². The summed E-state index contributed by atoms with van der Waals surface area (Å²) in [5.74, 6) is -1.39. The first-order valence-corrected chi connectivity index (χ1v) is 9.18. The van der Waals surface area contributed by atoms with E-state index in [0.717, 1.165) is 11.8 Å². The van der Waals surface area contributed by atoms with Gasteiger partial charge in [-0.25, -0.2) is 9.48 Å². The lowest BCUT2D eigenvalue weighted by molar-refractivity contribution is -0.384. The molecule has 0 aliphatic carbocycles. The minimum atomic E-state index is -0.701. The van der Waals surface area contributed by atoms with E-state index in [2.05, 4.69) is 10.4 Å². The summed E-state index contributed by atoms with van der Waals surface area (Å²) in [4.78, 5) is 34.9. The Balaban J connectivity index is 1.69. The zero-order chi connectivity index (χ0) is 21.8. The summed E-state index contributed by atoms with van der Waals surface area (Å²) in [7, 11) is 0. The number of carbonyl (C=O) groups excluding carboxylic acids is 2. The second kappa shape index (κ2) is 8.75. The Kier molecular flexibility index (Phi) is 6.12. The van der Waals surface area contributed by atoms with Gasteiger partial charge in [0.05, 0.1) is 32.7 Å². The van der Waals surface area contributed by atoms with Crippen LogP contribution in [0.3, 0.4) is 0 Å². The lowest BCUT2D eigenvalue weighted by atomic mass is 10.2. The van der Waals surface area contributed by atoms with Crippen LogP contribution in [0, 0.1) is 24.0 Å². The fraction of sp³-hybridized carbons (Fsp3) is 0.150. The quantitative estimate of drug-likeness (QED) is 0.362. The second-order valence-electron chi connectivity index (χ2n) is 6.34. The molecule has 1 N–H and O–H groups in total. The normalized spacial score (nSPS) is 10.5. The minimum Gasteiger partial charge on any atom is -0.452 e. The monoisotopic (exact) mass is 428 g/mol. The van der Waals surface area contributed by atoms with E-state index < -0.39 is 23.4 Å². The third-order valence-electron chi connectivity index (χ3n) is 4.27. The molecule has 1 heterocycles. The lowest BCUT2D eigenvalue weighted by Crippen LogP contribution is -2.21. The predicted octanol–water partition coefficient (Wildman–Crippen LogP) is 3.85. The molecular formula is C20H17ClN4O5. The number of halogens is 1. The number of nitro groups is 1. The van der Waals surface area contributed by atoms with Gasteiger partial charge in [0.2, 0.25) is 0 Å². The van der Waals surface area contributed by atoms with Crippen molar-refractivity contribution in [2.24, 2.45) is 0 Å². The van der Waals surface area contributed by atoms with Crippen LogP contribution in [0.2, 0.25) is 5.02 Å². The van der Waals surface area contributed by atoms with Gasteiger partial charge in [0.25, 0.3) is 11.6 Å². The van der Waals surface area contributed by atoms with E-state index in [4.69, 9.17) is 16.3 Å². The summed E-state index contributed by atoms with van der Waals surface area (Å²) in [5, 5.41) is 17.8. The van der Waals surface area contributed by atoms with Gasteiger partial charge in [-0.05, 0) is 32.0 Å². The maximum absolute atomic E-state index is 12.5. The van der Waals surface area contributed by atoms with Crippen molar-refractivity contribution in [3.63, 3.8) is 0 Å². The van der Waals surface area contributed by atoms with Gasteiger partial charge in [-0.3, -0.25) is 14.9 Å². The molecule has 0 aliphatic rings. The first kappa shape index (κ1) is 21.0. The molecule has 30 heavy (non-hydrogen) atoms. The molecule has 0 radical (unpaired) electrons. The molecule has 10 heteroatoms. The van der Waals surface area contributed by atoms with E-state index in [1.807, 2.05) is 30.3 Å². The number of benzene rings is 2. The summed E-state index contributed by atoms with van der Waals surface area (Å²) in [5.41, 5.74) is 1.91. The fourth-order valence-electron chi connectivity index (χ4n) is 2.87. The van der Waals surface area contributed by atoms with E-state index in [9.17, 15) is 19.7 Å². The molecule has 0 spiro atoms. The smallest absolute Gasteiger partial charge is 0.342 e. The highest BCUT2D eigenvalue weighted by Crippen LogP contribution is 2.26. The van der Waals surface area contributed by atoms with Crippen molar-refractivity contribution in [3.8, 4) is 5.69 Å². The summed E-state index contributed by atoms with van der Waals surface area (Å²) >= 11 is 5.95. The first-order valence-electron chi connectivity index (χ1n) is 8.80. The maximum Gasteiger partial charge on any atom is 0.342 e. The molecule has 2 aromatic carbocycles. The van der Waals surface area contributed by atoms with Crippen molar-refractivity contribution in [1.29, 1.82) is 0 Å². The van der Waals surface area contributed by atoms with Crippen molar-refractivity contribution in [2.75, 3.05) is 11.9 Å². The fourth-order valence-corrected chi connectivity index (χ4v) is 3.04. The maximum atomic E-state index is 12.5. The molecule has 3 aromatic rings. The second-order valence-corrected chi connectivity index (χ2v) is 6.75. The molecule has 154 valence electrons. The highest BCUT2D eigenvalue weighted by Gasteiger charge is 2.22. The third-order valence-corrected chi connectivity index (χ3v) is 4.59. The van der Waals surface area contributed by atoms with Crippen molar-refractivity contribution >= 4 is 34.9 Å². The molecule has 0 atom stereocenters. The Bertz CT molecular complexity index is 1130. The van der Waals surface area contributed by atoms with Crippen LogP contribution in [0.25, 0.3) is 5.69 Å². The topological polar surface area (TPSA) is 116 Å². The molecule has 0 fully saturated rings. The number of nitro benzene ring substituents is 1. The molecular weight excluding hydrogens is 412 g/mol. The number of nitrogens with one attached hydrogen (secondary N) is 1. The summed E-state index contributed by atoms with van der Waals surface area (Å²) < 4.78 is 6.73. The van der Waals surface area contributed by atoms with E-state index in [0.29, 0.717) is 11.4 Å². The average Bonchev–Trinajstić information content (AvgIpc) is 3.02. The van der Waals surface area contributed by atoms with Crippen LogP contribution >= 0.6 is 11.6 Å². The van der Waals surface area contributed by atoms with E-state index in [1.165, 1.54) is 12.1 Å². The number of non-ortho nitro benzene ring substituents is 1. The van der Waals surface area contributed by atoms with Crippen LogP contribution in [-0.2, 0) is 9.53 Å². The van der Waals surface area contributed by atoms with Gasteiger partial charge in [0.15, 0.2) is 6.61 Å². The Morgan fingerprint density at radius 1 is 1.20 bits per heavy atom. The number of aromatic nitrogens is 2.